The van der Waals surface area contributed by atoms with Gasteiger partial charge < -0.3 is 21.1 Å². The van der Waals surface area contributed by atoms with E-state index in [1.165, 1.54) is 4.90 Å². The van der Waals surface area contributed by atoms with Gasteiger partial charge in [0.25, 0.3) is 11.8 Å². The average Bonchev–Trinajstić information content (AvgIpc) is 2.74. The van der Waals surface area contributed by atoms with Gasteiger partial charge in [-0.1, -0.05) is 30.3 Å². The summed E-state index contributed by atoms with van der Waals surface area (Å²) in [5.41, 5.74) is 8.38. The Morgan fingerprint density at radius 1 is 0.857 bits per heavy atom. The molecule has 0 aliphatic heterocycles. The molecule has 0 aliphatic rings. The Morgan fingerprint density at radius 2 is 1.46 bits per heavy atom. The zero-order valence-electron chi connectivity index (χ0n) is 15.2. The van der Waals surface area contributed by atoms with Gasteiger partial charge in [0.15, 0.2) is 0 Å². The molecular formula is C22H21N3O3. The third kappa shape index (κ3) is 4.36. The number of benzene rings is 3. The molecule has 28 heavy (non-hydrogen) atoms. The summed E-state index contributed by atoms with van der Waals surface area (Å²) < 4.78 is 0. The van der Waals surface area contributed by atoms with Crippen LogP contribution in [0, 0.1) is 0 Å². The molecule has 0 aromatic heterocycles. The van der Waals surface area contributed by atoms with Crippen molar-refractivity contribution in [2.24, 2.45) is 0 Å². The van der Waals surface area contributed by atoms with Crippen molar-refractivity contribution in [2.75, 3.05) is 29.1 Å². The van der Waals surface area contributed by atoms with Gasteiger partial charge in [0.1, 0.15) is 0 Å². The third-order valence-electron chi connectivity index (χ3n) is 4.24. The molecule has 0 saturated heterocycles. The van der Waals surface area contributed by atoms with E-state index in [1.807, 2.05) is 18.2 Å². The van der Waals surface area contributed by atoms with E-state index >= 15 is 0 Å². The van der Waals surface area contributed by atoms with Crippen LogP contribution in [0.15, 0.2) is 78.9 Å². The molecule has 3 aromatic carbocycles. The quantitative estimate of drug-likeness (QED) is 0.577. The minimum Gasteiger partial charge on any atom is -0.397 e. The first-order valence-electron chi connectivity index (χ1n) is 8.84. The standard InChI is InChI=1S/C22H21N3O3/c23-19-8-4-5-9-20(19)24-21(27)16-10-12-17(13-11-16)22(28)25(14-15-26)18-6-2-1-3-7-18/h1-13,26H,14-15,23H2,(H,24,27). The van der Waals surface area contributed by atoms with Crippen LogP contribution in [0.1, 0.15) is 20.7 Å². The molecule has 3 rings (SSSR count). The molecule has 0 saturated carbocycles. The second-order valence-electron chi connectivity index (χ2n) is 6.13. The number of aliphatic hydroxyl groups is 1. The van der Waals surface area contributed by atoms with Gasteiger partial charge in [-0.25, -0.2) is 0 Å². The SMILES string of the molecule is Nc1ccccc1NC(=O)c1ccc(C(=O)N(CCO)c2ccccc2)cc1. The van der Waals surface area contributed by atoms with Gasteiger partial charge in [0.05, 0.1) is 18.0 Å². The second kappa shape index (κ2) is 8.83. The Labute approximate surface area is 163 Å². The zero-order chi connectivity index (χ0) is 19.9. The van der Waals surface area contributed by atoms with Crippen molar-refractivity contribution in [1.82, 2.24) is 0 Å². The molecule has 6 nitrogen and oxygen atoms in total. The van der Waals surface area contributed by atoms with E-state index in [4.69, 9.17) is 5.73 Å². The van der Waals surface area contributed by atoms with E-state index in [0.717, 1.165) is 0 Å². The summed E-state index contributed by atoms with van der Waals surface area (Å²) in [5.74, 6) is -0.563. The Bertz CT molecular complexity index is 956. The highest BCUT2D eigenvalue weighted by Gasteiger charge is 2.18. The van der Waals surface area contributed by atoms with E-state index in [9.17, 15) is 14.7 Å². The summed E-state index contributed by atoms with van der Waals surface area (Å²) in [7, 11) is 0. The van der Waals surface area contributed by atoms with Crippen LogP contribution in [0.2, 0.25) is 0 Å². The number of amides is 2. The Morgan fingerprint density at radius 3 is 2.11 bits per heavy atom. The number of nitrogens with two attached hydrogens (primary N) is 1. The minimum absolute atomic E-state index is 0.153. The Balaban J connectivity index is 1.76. The van der Waals surface area contributed by atoms with Crippen LogP contribution < -0.4 is 16.0 Å². The maximum absolute atomic E-state index is 12.8. The fourth-order valence-electron chi connectivity index (χ4n) is 2.78. The molecule has 0 unspecified atom stereocenters. The summed E-state index contributed by atoms with van der Waals surface area (Å²) in [4.78, 5) is 26.8. The maximum Gasteiger partial charge on any atom is 0.258 e. The number of hydrogen-bond acceptors (Lipinski definition) is 4. The molecule has 4 N–H and O–H groups in total. The van der Waals surface area contributed by atoms with Gasteiger partial charge in [0, 0.05) is 23.4 Å². The van der Waals surface area contributed by atoms with Crippen molar-refractivity contribution in [2.45, 2.75) is 0 Å². The summed E-state index contributed by atoms with van der Waals surface area (Å²) in [6.45, 7) is 0.0258. The molecule has 0 heterocycles. The van der Waals surface area contributed by atoms with Crippen LogP contribution in [0.3, 0.4) is 0 Å². The van der Waals surface area contributed by atoms with Crippen LogP contribution >= 0.6 is 0 Å². The number of rotatable bonds is 6. The number of carbonyl (C=O) groups excluding carboxylic acids is 2. The lowest BCUT2D eigenvalue weighted by molar-refractivity contribution is 0.0978. The van der Waals surface area contributed by atoms with Crippen molar-refractivity contribution in [3.63, 3.8) is 0 Å². The van der Waals surface area contributed by atoms with Gasteiger partial charge in [-0.3, -0.25) is 9.59 Å². The zero-order valence-corrected chi connectivity index (χ0v) is 15.2. The highest BCUT2D eigenvalue weighted by molar-refractivity contribution is 6.08. The van der Waals surface area contributed by atoms with E-state index in [1.54, 1.807) is 60.7 Å². The average molecular weight is 375 g/mol. The molecule has 6 heteroatoms. The normalized spacial score (nSPS) is 10.3. The van der Waals surface area contributed by atoms with Crippen LogP contribution in [0.25, 0.3) is 0 Å². The molecule has 2 amide bonds. The van der Waals surface area contributed by atoms with Crippen molar-refractivity contribution >= 4 is 28.9 Å². The van der Waals surface area contributed by atoms with Gasteiger partial charge in [-0.15, -0.1) is 0 Å². The fourth-order valence-corrected chi connectivity index (χ4v) is 2.78. The van der Waals surface area contributed by atoms with E-state index in [-0.39, 0.29) is 25.0 Å². The molecule has 0 spiro atoms. The molecule has 0 atom stereocenters. The molecule has 142 valence electrons. The molecular weight excluding hydrogens is 354 g/mol. The van der Waals surface area contributed by atoms with Crippen LogP contribution in [0.4, 0.5) is 17.1 Å². The van der Waals surface area contributed by atoms with Crippen LogP contribution in [0.5, 0.6) is 0 Å². The largest absolute Gasteiger partial charge is 0.397 e. The molecule has 0 aliphatic carbocycles. The highest BCUT2D eigenvalue weighted by Crippen LogP contribution is 2.19. The number of anilines is 3. The van der Waals surface area contributed by atoms with E-state index in [2.05, 4.69) is 5.32 Å². The minimum atomic E-state index is -0.313. The van der Waals surface area contributed by atoms with Crippen LogP contribution in [-0.2, 0) is 0 Å². The lowest BCUT2D eigenvalue weighted by Crippen LogP contribution is -2.33. The van der Waals surface area contributed by atoms with Crippen molar-refractivity contribution in [3.8, 4) is 0 Å². The Kier molecular flexibility index (Phi) is 6.04. The molecule has 0 radical (unpaired) electrons. The lowest BCUT2D eigenvalue weighted by atomic mass is 10.1. The number of para-hydroxylation sites is 3. The van der Waals surface area contributed by atoms with Crippen molar-refractivity contribution < 1.29 is 14.7 Å². The summed E-state index contributed by atoms with van der Waals surface area (Å²) in [5, 5.41) is 12.1. The molecule has 3 aromatic rings. The van der Waals surface area contributed by atoms with E-state index in [0.29, 0.717) is 28.2 Å². The summed E-state index contributed by atoms with van der Waals surface area (Å²) >= 11 is 0. The van der Waals surface area contributed by atoms with Crippen molar-refractivity contribution in [3.05, 3.63) is 90.0 Å². The van der Waals surface area contributed by atoms with Gasteiger partial charge in [0.2, 0.25) is 0 Å². The number of nitrogens with zero attached hydrogens (tertiary/aromatic N) is 1. The van der Waals surface area contributed by atoms with Crippen LogP contribution in [-0.4, -0.2) is 30.1 Å². The number of nitrogens with one attached hydrogen (secondary N) is 1. The van der Waals surface area contributed by atoms with Crippen molar-refractivity contribution in [1.29, 1.82) is 0 Å². The molecule has 0 bridgehead atoms. The van der Waals surface area contributed by atoms with Gasteiger partial charge >= 0.3 is 0 Å². The topological polar surface area (TPSA) is 95.7 Å². The number of aliphatic hydroxyl groups excluding tert-OH is 1. The second-order valence-corrected chi connectivity index (χ2v) is 6.13. The fraction of sp³-hybridized carbons (Fsp3) is 0.0909. The van der Waals surface area contributed by atoms with Gasteiger partial charge in [-0.05, 0) is 48.5 Å². The first kappa shape index (κ1) is 19.1. The first-order chi connectivity index (χ1) is 13.6. The summed E-state index contributed by atoms with van der Waals surface area (Å²) in [6.07, 6.45) is 0. The third-order valence-corrected chi connectivity index (χ3v) is 4.24. The number of nitrogen functional groups attached to an aromatic ring is 1. The van der Waals surface area contributed by atoms with Gasteiger partial charge in [-0.2, -0.15) is 0 Å². The predicted octanol–water partition coefficient (Wildman–Crippen LogP) is 3.16. The monoisotopic (exact) mass is 375 g/mol. The lowest BCUT2D eigenvalue weighted by Gasteiger charge is -2.22. The molecule has 0 fully saturated rings. The Hall–Kier alpha value is -3.64. The van der Waals surface area contributed by atoms with E-state index < -0.39 is 0 Å². The maximum atomic E-state index is 12.8. The predicted molar refractivity (Wildman–Crippen MR) is 110 cm³/mol. The summed E-state index contributed by atoms with van der Waals surface area (Å²) in [6, 6.07) is 22.5. The number of hydrogen-bond donors (Lipinski definition) is 3. The smallest absolute Gasteiger partial charge is 0.258 e. The number of carbonyl (C=O) groups is 2. The highest BCUT2D eigenvalue weighted by atomic mass is 16.3. The first-order valence-corrected chi connectivity index (χ1v) is 8.84.